The van der Waals surface area contributed by atoms with Crippen molar-refractivity contribution in [3.63, 3.8) is 0 Å². The van der Waals surface area contributed by atoms with Gasteiger partial charge in [0.2, 0.25) is 5.72 Å². The second-order valence-corrected chi connectivity index (χ2v) is 5.38. The highest BCUT2D eigenvalue weighted by Gasteiger charge is 2.30. The van der Waals surface area contributed by atoms with E-state index in [2.05, 4.69) is 17.2 Å². The van der Waals surface area contributed by atoms with Crippen LogP contribution in [0.1, 0.15) is 66.2 Å². The van der Waals surface area contributed by atoms with Crippen LogP contribution in [0.5, 0.6) is 0 Å². The standard InChI is InChI=1S/C13H24N2O2/c1-5-13(4,17-11(2)16)15-14-12(3)9-7-6-8-10-12/h5-10H2,1-4H3. The largest absolute Gasteiger partial charge is 0.436 e. The minimum Gasteiger partial charge on any atom is -0.436 e. The summed E-state index contributed by atoms with van der Waals surface area (Å²) in [5.41, 5.74) is -0.860. The minimum absolute atomic E-state index is 0.0607. The van der Waals surface area contributed by atoms with E-state index in [0.29, 0.717) is 6.42 Å². The lowest BCUT2D eigenvalue weighted by Gasteiger charge is -2.30. The number of carbonyl (C=O) groups excluding carboxylic acids is 1. The Kier molecular flexibility index (Phi) is 4.66. The first kappa shape index (κ1) is 14.1. The average Bonchev–Trinajstić information content (AvgIpc) is 2.27. The van der Waals surface area contributed by atoms with Crippen molar-refractivity contribution in [2.75, 3.05) is 0 Å². The van der Waals surface area contributed by atoms with Crippen LogP contribution in [0.15, 0.2) is 10.2 Å². The van der Waals surface area contributed by atoms with Gasteiger partial charge in [0.25, 0.3) is 0 Å². The molecule has 0 N–H and O–H groups in total. The first-order chi connectivity index (χ1) is 7.89. The summed E-state index contributed by atoms with van der Waals surface area (Å²) in [5, 5.41) is 8.75. The van der Waals surface area contributed by atoms with Crippen LogP contribution in [0.4, 0.5) is 0 Å². The molecule has 1 fully saturated rings. The molecule has 1 aliphatic carbocycles. The highest BCUT2D eigenvalue weighted by Crippen LogP contribution is 2.32. The molecule has 1 aliphatic rings. The molecule has 1 unspecified atom stereocenters. The summed E-state index contributed by atoms with van der Waals surface area (Å²) in [6.07, 6.45) is 6.52. The Morgan fingerprint density at radius 2 is 1.94 bits per heavy atom. The van der Waals surface area contributed by atoms with E-state index in [0.717, 1.165) is 12.8 Å². The zero-order valence-electron chi connectivity index (χ0n) is 11.5. The molecule has 0 radical (unpaired) electrons. The summed E-state index contributed by atoms with van der Waals surface area (Å²) in [7, 11) is 0. The Morgan fingerprint density at radius 3 is 2.41 bits per heavy atom. The van der Waals surface area contributed by atoms with Crippen molar-refractivity contribution in [1.82, 2.24) is 0 Å². The zero-order valence-corrected chi connectivity index (χ0v) is 11.5. The van der Waals surface area contributed by atoms with Crippen molar-refractivity contribution in [2.24, 2.45) is 10.2 Å². The number of rotatable bonds is 4. The van der Waals surface area contributed by atoms with E-state index < -0.39 is 5.72 Å². The van der Waals surface area contributed by atoms with Crippen LogP contribution in [-0.2, 0) is 9.53 Å². The molecule has 17 heavy (non-hydrogen) atoms. The molecule has 4 heteroatoms. The summed E-state index contributed by atoms with van der Waals surface area (Å²) >= 11 is 0. The van der Waals surface area contributed by atoms with Crippen LogP contribution in [0, 0.1) is 0 Å². The van der Waals surface area contributed by atoms with Crippen molar-refractivity contribution in [2.45, 2.75) is 77.5 Å². The zero-order chi connectivity index (χ0) is 12.9. The van der Waals surface area contributed by atoms with E-state index in [1.807, 2.05) is 13.8 Å². The maximum atomic E-state index is 11.0. The molecular formula is C13H24N2O2. The van der Waals surface area contributed by atoms with Gasteiger partial charge >= 0.3 is 5.97 Å². The number of hydrogen-bond acceptors (Lipinski definition) is 4. The number of hydrogen-bond donors (Lipinski definition) is 0. The van der Waals surface area contributed by atoms with Gasteiger partial charge in [0, 0.05) is 13.3 Å². The molecule has 1 saturated carbocycles. The quantitative estimate of drug-likeness (QED) is 0.553. The Labute approximate surface area is 104 Å². The van der Waals surface area contributed by atoms with E-state index in [1.54, 1.807) is 0 Å². The van der Waals surface area contributed by atoms with Crippen LogP contribution in [0.25, 0.3) is 0 Å². The van der Waals surface area contributed by atoms with E-state index >= 15 is 0 Å². The molecule has 98 valence electrons. The van der Waals surface area contributed by atoms with Gasteiger partial charge in [-0.25, -0.2) is 0 Å². The molecular weight excluding hydrogens is 216 g/mol. The van der Waals surface area contributed by atoms with Gasteiger partial charge in [-0.1, -0.05) is 26.2 Å². The maximum absolute atomic E-state index is 11.0. The third-order valence-electron chi connectivity index (χ3n) is 3.45. The Bertz CT molecular complexity index is 296. The summed E-state index contributed by atoms with van der Waals surface area (Å²) in [6.45, 7) is 7.31. The van der Waals surface area contributed by atoms with Crippen molar-refractivity contribution >= 4 is 5.97 Å². The molecule has 0 heterocycles. The fourth-order valence-electron chi connectivity index (χ4n) is 2.11. The number of nitrogens with zero attached hydrogens (tertiary/aromatic N) is 2. The molecule has 0 aromatic rings. The van der Waals surface area contributed by atoms with Crippen LogP contribution in [0.3, 0.4) is 0 Å². The predicted octanol–water partition coefficient (Wildman–Crippen LogP) is 3.85. The van der Waals surface area contributed by atoms with Gasteiger partial charge in [-0.15, -0.1) is 5.11 Å². The van der Waals surface area contributed by atoms with Crippen molar-refractivity contribution in [3.05, 3.63) is 0 Å². The molecule has 0 aromatic carbocycles. The maximum Gasteiger partial charge on any atom is 0.304 e. The highest BCUT2D eigenvalue weighted by atomic mass is 16.6. The molecule has 0 spiro atoms. The van der Waals surface area contributed by atoms with E-state index in [4.69, 9.17) is 4.74 Å². The van der Waals surface area contributed by atoms with Gasteiger partial charge in [-0.3, -0.25) is 4.79 Å². The van der Waals surface area contributed by atoms with Gasteiger partial charge in [-0.2, -0.15) is 5.11 Å². The lowest BCUT2D eigenvalue weighted by atomic mass is 9.84. The van der Waals surface area contributed by atoms with Crippen LogP contribution < -0.4 is 0 Å². The second kappa shape index (κ2) is 5.61. The lowest BCUT2D eigenvalue weighted by molar-refractivity contribution is -0.155. The predicted molar refractivity (Wildman–Crippen MR) is 66.8 cm³/mol. The summed E-state index contributed by atoms with van der Waals surface area (Å²) < 4.78 is 5.22. The van der Waals surface area contributed by atoms with Gasteiger partial charge in [0.15, 0.2) is 0 Å². The number of azo groups is 1. The highest BCUT2D eigenvalue weighted by molar-refractivity contribution is 5.66. The number of carbonyl (C=O) groups is 1. The van der Waals surface area contributed by atoms with Crippen molar-refractivity contribution in [3.8, 4) is 0 Å². The van der Waals surface area contributed by atoms with Crippen LogP contribution >= 0.6 is 0 Å². The minimum atomic E-state index is -0.799. The van der Waals surface area contributed by atoms with Crippen molar-refractivity contribution in [1.29, 1.82) is 0 Å². The summed E-state index contributed by atoms with van der Waals surface area (Å²) in [4.78, 5) is 11.0. The lowest BCUT2D eigenvalue weighted by Crippen LogP contribution is -2.30. The smallest absolute Gasteiger partial charge is 0.304 e. The number of esters is 1. The van der Waals surface area contributed by atoms with Gasteiger partial charge in [0.1, 0.15) is 0 Å². The molecule has 0 bridgehead atoms. The summed E-state index contributed by atoms with van der Waals surface area (Å²) in [6, 6.07) is 0. The first-order valence-electron chi connectivity index (χ1n) is 6.53. The molecule has 0 aromatic heterocycles. The SMILES string of the molecule is CCC(C)(N=NC1(C)CCCCC1)OC(C)=O. The van der Waals surface area contributed by atoms with E-state index in [-0.39, 0.29) is 11.5 Å². The summed E-state index contributed by atoms with van der Waals surface area (Å²) in [5.74, 6) is -0.304. The van der Waals surface area contributed by atoms with Crippen LogP contribution in [-0.4, -0.2) is 17.2 Å². The van der Waals surface area contributed by atoms with Crippen molar-refractivity contribution < 1.29 is 9.53 Å². The van der Waals surface area contributed by atoms with E-state index in [9.17, 15) is 4.79 Å². The molecule has 1 rings (SSSR count). The molecule has 0 amide bonds. The van der Waals surface area contributed by atoms with Gasteiger partial charge < -0.3 is 4.74 Å². The first-order valence-corrected chi connectivity index (χ1v) is 6.53. The van der Waals surface area contributed by atoms with E-state index in [1.165, 1.54) is 26.2 Å². The second-order valence-electron chi connectivity index (χ2n) is 5.38. The Balaban J connectivity index is 2.68. The topological polar surface area (TPSA) is 51.0 Å². The fourth-order valence-corrected chi connectivity index (χ4v) is 2.11. The normalized spacial score (nSPS) is 23.3. The third-order valence-corrected chi connectivity index (χ3v) is 3.45. The van der Waals surface area contributed by atoms with Gasteiger partial charge in [0.05, 0.1) is 5.54 Å². The monoisotopic (exact) mass is 240 g/mol. The Morgan fingerprint density at radius 1 is 1.35 bits per heavy atom. The molecule has 0 aliphatic heterocycles. The third kappa shape index (κ3) is 4.44. The fraction of sp³-hybridized carbons (Fsp3) is 0.923. The number of ether oxygens (including phenoxy) is 1. The molecule has 0 saturated heterocycles. The molecule has 4 nitrogen and oxygen atoms in total. The van der Waals surface area contributed by atoms with Crippen LogP contribution in [0.2, 0.25) is 0 Å². The Hall–Kier alpha value is -0.930. The average molecular weight is 240 g/mol. The molecule has 1 atom stereocenters. The van der Waals surface area contributed by atoms with Gasteiger partial charge in [-0.05, 0) is 26.7 Å².